The zero-order valence-corrected chi connectivity index (χ0v) is 14.7. The fourth-order valence-electron chi connectivity index (χ4n) is 2.30. The van der Waals surface area contributed by atoms with Gasteiger partial charge in [0, 0.05) is 15.1 Å². The average Bonchev–Trinajstić information content (AvgIpc) is 2.84. The Bertz CT molecular complexity index is 738. The molecule has 1 unspecified atom stereocenters. The van der Waals surface area contributed by atoms with Crippen LogP contribution in [0.1, 0.15) is 16.6 Å². The minimum atomic E-state index is -0.505. The number of pyridine rings is 1. The Morgan fingerprint density at radius 2 is 2.18 bits per heavy atom. The lowest BCUT2D eigenvalue weighted by Crippen LogP contribution is -2.29. The third kappa shape index (κ3) is 2.75. The van der Waals surface area contributed by atoms with Crippen molar-refractivity contribution in [2.24, 2.45) is 0 Å². The van der Waals surface area contributed by atoms with Gasteiger partial charge in [0.15, 0.2) is 0 Å². The number of rotatable bonds is 2. The van der Waals surface area contributed by atoms with Crippen molar-refractivity contribution < 1.29 is 9.18 Å². The van der Waals surface area contributed by atoms with Crippen LogP contribution in [0.4, 0.5) is 10.2 Å². The summed E-state index contributed by atoms with van der Waals surface area (Å²) >= 11 is 10.9. The Balaban J connectivity index is 2.08. The third-order valence-corrected chi connectivity index (χ3v) is 5.71. The average molecular weight is 402 g/mol. The monoisotopic (exact) mass is 400 g/mol. The van der Waals surface area contributed by atoms with Gasteiger partial charge in [0.25, 0.3) is 0 Å². The van der Waals surface area contributed by atoms with Crippen molar-refractivity contribution in [1.29, 1.82) is 0 Å². The van der Waals surface area contributed by atoms with E-state index in [0.29, 0.717) is 16.4 Å². The zero-order valence-electron chi connectivity index (χ0n) is 11.5. The first kappa shape index (κ1) is 15.8. The number of hydrogen-bond donors (Lipinski definition) is 0. The highest BCUT2D eigenvalue weighted by molar-refractivity contribution is 9.10. The molecule has 3 rings (SSSR count). The molecule has 2 heterocycles. The molecular weight excluding hydrogens is 391 g/mol. The fourth-order valence-corrected chi connectivity index (χ4v) is 4.07. The molecule has 0 radical (unpaired) electrons. The number of aryl methyl sites for hydroxylation is 1. The van der Waals surface area contributed by atoms with E-state index in [1.54, 1.807) is 18.2 Å². The molecule has 0 bridgehead atoms. The van der Waals surface area contributed by atoms with E-state index in [0.717, 1.165) is 10.2 Å². The highest BCUT2D eigenvalue weighted by Gasteiger charge is 2.37. The summed E-state index contributed by atoms with van der Waals surface area (Å²) in [4.78, 5) is 18.2. The van der Waals surface area contributed by atoms with Crippen LogP contribution in [0, 0.1) is 12.7 Å². The molecule has 0 spiro atoms. The van der Waals surface area contributed by atoms with Gasteiger partial charge in [-0.1, -0.05) is 17.7 Å². The molecule has 1 amide bonds. The molecule has 2 aromatic rings. The van der Waals surface area contributed by atoms with Crippen molar-refractivity contribution in [1.82, 2.24) is 4.98 Å². The molecule has 0 aliphatic carbocycles. The lowest BCUT2D eigenvalue weighted by Gasteiger charge is -2.24. The van der Waals surface area contributed by atoms with Crippen LogP contribution < -0.4 is 4.90 Å². The van der Waals surface area contributed by atoms with E-state index >= 15 is 0 Å². The maximum atomic E-state index is 14.2. The topological polar surface area (TPSA) is 33.2 Å². The van der Waals surface area contributed by atoms with Gasteiger partial charge in [-0.2, -0.15) is 0 Å². The number of halogens is 3. The van der Waals surface area contributed by atoms with Crippen LogP contribution in [0.3, 0.4) is 0 Å². The van der Waals surface area contributed by atoms with E-state index in [-0.39, 0.29) is 11.7 Å². The summed E-state index contributed by atoms with van der Waals surface area (Å²) in [6, 6.07) is 8.09. The molecule has 1 saturated heterocycles. The Labute approximate surface area is 145 Å². The summed E-state index contributed by atoms with van der Waals surface area (Å²) in [6.45, 7) is 1.84. The van der Waals surface area contributed by atoms with Crippen molar-refractivity contribution >= 4 is 51.0 Å². The highest BCUT2D eigenvalue weighted by Crippen LogP contribution is 2.44. The number of benzene rings is 1. The smallest absolute Gasteiger partial charge is 0.239 e. The minimum absolute atomic E-state index is 0.108. The lowest BCUT2D eigenvalue weighted by atomic mass is 10.2. The molecule has 7 heteroatoms. The first-order valence-corrected chi connectivity index (χ1v) is 8.71. The summed E-state index contributed by atoms with van der Waals surface area (Å²) < 4.78 is 15.1. The molecule has 1 atom stereocenters. The van der Waals surface area contributed by atoms with Crippen molar-refractivity contribution in [2.75, 3.05) is 10.7 Å². The van der Waals surface area contributed by atoms with E-state index in [1.165, 1.54) is 22.7 Å². The molecule has 114 valence electrons. The van der Waals surface area contributed by atoms with Gasteiger partial charge < -0.3 is 0 Å². The Kier molecular flexibility index (Phi) is 4.43. The first-order valence-electron chi connectivity index (χ1n) is 6.50. The van der Waals surface area contributed by atoms with E-state index in [1.807, 2.05) is 13.0 Å². The Morgan fingerprint density at radius 3 is 2.86 bits per heavy atom. The van der Waals surface area contributed by atoms with Gasteiger partial charge in [0.2, 0.25) is 5.91 Å². The summed E-state index contributed by atoms with van der Waals surface area (Å²) in [6.07, 6.45) is 0. The van der Waals surface area contributed by atoms with Crippen molar-refractivity contribution in [3.63, 3.8) is 0 Å². The summed E-state index contributed by atoms with van der Waals surface area (Å²) in [5.74, 6) is 0.244. The van der Waals surface area contributed by atoms with Crippen molar-refractivity contribution in [3.8, 4) is 0 Å². The molecule has 1 aromatic carbocycles. The van der Waals surface area contributed by atoms with Crippen molar-refractivity contribution in [3.05, 3.63) is 56.9 Å². The summed E-state index contributed by atoms with van der Waals surface area (Å²) in [7, 11) is 0. The second-order valence-electron chi connectivity index (χ2n) is 4.80. The third-order valence-electron chi connectivity index (χ3n) is 3.37. The number of carbonyl (C=O) groups excluding carboxylic acids is 1. The van der Waals surface area contributed by atoms with Crippen molar-refractivity contribution in [2.45, 2.75) is 12.3 Å². The number of hydrogen-bond acceptors (Lipinski definition) is 3. The quantitative estimate of drug-likeness (QED) is 0.730. The first-order chi connectivity index (χ1) is 10.5. The standard InChI is InChI=1S/C15H11BrClFN2OS/c1-8-9(16)5-6-12(19-8)20-13(21)7-22-15(20)14-10(17)3-2-4-11(14)18/h2-6,15H,7H2,1H3. The largest absolute Gasteiger partial charge is 0.279 e. The Morgan fingerprint density at radius 1 is 1.41 bits per heavy atom. The van der Waals surface area contributed by atoms with Crippen LogP contribution in [0.2, 0.25) is 5.02 Å². The van der Waals surface area contributed by atoms with E-state index in [4.69, 9.17) is 11.6 Å². The minimum Gasteiger partial charge on any atom is -0.279 e. The zero-order chi connectivity index (χ0) is 15.9. The van der Waals surface area contributed by atoms with Gasteiger partial charge in [0.05, 0.1) is 11.4 Å². The highest BCUT2D eigenvalue weighted by atomic mass is 79.9. The SMILES string of the molecule is Cc1nc(N2C(=O)CSC2c2c(F)cccc2Cl)ccc1Br. The summed E-state index contributed by atoms with van der Waals surface area (Å²) in [5.41, 5.74) is 1.09. The Hall–Kier alpha value is -1.11. The van der Waals surface area contributed by atoms with Crippen LogP contribution in [0.15, 0.2) is 34.8 Å². The molecule has 1 aliphatic rings. The van der Waals surface area contributed by atoms with Gasteiger partial charge >= 0.3 is 0 Å². The van der Waals surface area contributed by atoms with Gasteiger partial charge in [-0.25, -0.2) is 9.37 Å². The van der Waals surface area contributed by atoms with Crippen LogP contribution in [0.5, 0.6) is 0 Å². The maximum absolute atomic E-state index is 14.2. The number of aromatic nitrogens is 1. The fraction of sp³-hybridized carbons (Fsp3) is 0.200. The van der Waals surface area contributed by atoms with Gasteiger partial charge in [0.1, 0.15) is 17.0 Å². The van der Waals surface area contributed by atoms with Crippen LogP contribution in [-0.2, 0) is 4.79 Å². The van der Waals surface area contributed by atoms with Crippen LogP contribution in [-0.4, -0.2) is 16.6 Å². The predicted molar refractivity (Wildman–Crippen MR) is 90.8 cm³/mol. The second kappa shape index (κ2) is 6.18. The summed E-state index contributed by atoms with van der Waals surface area (Å²) in [5, 5.41) is -0.194. The normalized spacial score (nSPS) is 18.1. The molecule has 22 heavy (non-hydrogen) atoms. The van der Waals surface area contributed by atoms with Gasteiger partial charge in [-0.15, -0.1) is 11.8 Å². The predicted octanol–water partition coefficient (Wildman–Crippen LogP) is 4.72. The van der Waals surface area contributed by atoms with Crippen LogP contribution in [0.25, 0.3) is 0 Å². The number of carbonyl (C=O) groups is 1. The van der Waals surface area contributed by atoms with E-state index in [9.17, 15) is 9.18 Å². The molecule has 0 saturated carbocycles. The number of nitrogens with zero attached hydrogens (tertiary/aromatic N) is 2. The number of anilines is 1. The van der Waals surface area contributed by atoms with Crippen LogP contribution >= 0.6 is 39.3 Å². The molecule has 1 fully saturated rings. The number of amides is 1. The van der Waals surface area contributed by atoms with E-state index in [2.05, 4.69) is 20.9 Å². The molecule has 3 nitrogen and oxygen atoms in total. The number of thioether (sulfide) groups is 1. The molecule has 0 N–H and O–H groups in total. The maximum Gasteiger partial charge on any atom is 0.239 e. The van der Waals surface area contributed by atoms with Gasteiger partial charge in [-0.05, 0) is 47.1 Å². The lowest BCUT2D eigenvalue weighted by molar-refractivity contribution is -0.115. The molecular formula is C15H11BrClFN2OS. The van der Waals surface area contributed by atoms with E-state index < -0.39 is 11.2 Å². The molecule has 1 aliphatic heterocycles. The van der Waals surface area contributed by atoms with Gasteiger partial charge in [-0.3, -0.25) is 9.69 Å². The second-order valence-corrected chi connectivity index (χ2v) is 7.13. The molecule has 1 aromatic heterocycles.